The lowest BCUT2D eigenvalue weighted by Crippen LogP contribution is -2.38. The number of aryl methyl sites for hydroxylation is 3. The number of nitrogens with zero attached hydrogens (tertiary/aromatic N) is 4. The van der Waals surface area contributed by atoms with Crippen LogP contribution in [0.1, 0.15) is 40.5 Å². The third kappa shape index (κ3) is 3.82. The normalized spacial score (nSPS) is 14.2. The maximum Gasteiger partial charge on any atom is 0.332 e. The van der Waals surface area contributed by atoms with Gasteiger partial charge in [-0.2, -0.15) is 0 Å². The molecule has 170 valence electrons. The van der Waals surface area contributed by atoms with Crippen molar-refractivity contribution in [3.8, 4) is 0 Å². The zero-order chi connectivity index (χ0) is 23.1. The largest absolute Gasteiger partial charge is 0.343 e. The van der Waals surface area contributed by atoms with Crippen LogP contribution in [0.3, 0.4) is 0 Å². The van der Waals surface area contributed by atoms with Crippen molar-refractivity contribution >= 4 is 28.4 Å². The summed E-state index contributed by atoms with van der Waals surface area (Å²) in [4.78, 5) is 43.3. The van der Waals surface area contributed by atoms with Gasteiger partial charge in [0.2, 0.25) is 5.91 Å². The van der Waals surface area contributed by atoms with Crippen LogP contribution < -0.4 is 16.6 Å². The fraction of sp³-hybridized carbons (Fsp3) is 0.333. The first-order valence-corrected chi connectivity index (χ1v) is 11.9. The second kappa shape index (κ2) is 8.47. The third-order valence-corrected chi connectivity index (χ3v) is 7.31. The number of aromatic nitrogens is 4. The highest BCUT2D eigenvalue weighted by Crippen LogP contribution is 2.30. The Kier molecular flexibility index (Phi) is 5.49. The summed E-state index contributed by atoms with van der Waals surface area (Å²) in [6.07, 6.45) is 6.03. The van der Waals surface area contributed by atoms with E-state index >= 15 is 0 Å². The molecule has 3 aromatic heterocycles. The fourth-order valence-electron chi connectivity index (χ4n) is 4.59. The van der Waals surface area contributed by atoms with Gasteiger partial charge in [-0.15, -0.1) is 11.3 Å². The van der Waals surface area contributed by atoms with E-state index in [1.54, 1.807) is 18.4 Å². The summed E-state index contributed by atoms with van der Waals surface area (Å²) in [5, 5.41) is 5.15. The van der Waals surface area contributed by atoms with Crippen LogP contribution in [0.5, 0.6) is 0 Å². The molecule has 5 rings (SSSR count). The van der Waals surface area contributed by atoms with Crippen LogP contribution in [0.25, 0.3) is 11.2 Å². The third-order valence-electron chi connectivity index (χ3n) is 6.37. The van der Waals surface area contributed by atoms with Gasteiger partial charge in [-0.05, 0) is 53.8 Å². The molecular weight excluding hydrogens is 438 g/mol. The van der Waals surface area contributed by atoms with E-state index < -0.39 is 11.2 Å². The lowest BCUT2D eigenvalue weighted by molar-refractivity contribution is -0.122. The van der Waals surface area contributed by atoms with E-state index in [1.165, 1.54) is 46.5 Å². The Morgan fingerprint density at radius 3 is 2.67 bits per heavy atom. The molecule has 0 saturated carbocycles. The van der Waals surface area contributed by atoms with Crippen molar-refractivity contribution in [3.05, 3.63) is 84.4 Å². The quantitative estimate of drug-likeness (QED) is 0.492. The molecule has 0 fully saturated rings. The van der Waals surface area contributed by atoms with Crippen molar-refractivity contribution in [2.24, 2.45) is 14.1 Å². The highest BCUT2D eigenvalue weighted by molar-refractivity contribution is 7.10. The maximum atomic E-state index is 13.1. The minimum atomic E-state index is -0.470. The number of hydrogen-bond acceptors (Lipinski definition) is 5. The number of carbonyl (C=O) groups is 1. The highest BCUT2D eigenvalue weighted by atomic mass is 32.1. The number of fused-ring (bicyclic) bond motifs is 2. The molecule has 1 aliphatic carbocycles. The average Bonchev–Trinajstić information content (AvgIpc) is 3.50. The molecule has 0 radical (unpaired) electrons. The van der Waals surface area contributed by atoms with E-state index in [9.17, 15) is 14.4 Å². The standard InChI is InChI=1S/C24H25N5O3S/c1-27-22-21(23(31)28(2)24(27)32)29(14-25-22)13-19(30)26-20(18-8-5-11-33-18)17-10-9-15-6-3-4-7-16(15)12-17/h5,8-12,14,20H,3-4,6-7,13H2,1-2H3,(H,26,30). The second-order valence-electron chi connectivity index (χ2n) is 8.50. The predicted molar refractivity (Wildman–Crippen MR) is 128 cm³/mol. The van der Waals surface area contributed by atoms with Gasteiger partial charge in [0.1, 0.15) is 6.54 Å². The number of benzene rings is 1. The molecule has 0 aliphatic heterocycles. The molecule has 8 nitrogen and oxygen atoms in total. The second-order valence-corrected chi connectivity index (χ2v) is 9.48. The van der Waals surface area contributed by atoms with Gasteiger partial charge in [0.15, 0.2) is 11.2 Å². The van der Waals surface area contributed by atoms with Crippen LogP contribution in [-0.4, -0.2) is 24.6 Å². The average molecular weight is 464 g/mol. The molecule has 0 saturated heterocycles. The van der Waals surface area contributed by atoms with Crippen LogP contribution >= 0.6 is 11.3 Å². The topological polar surface area (TPSA) is 90.9 Å². The minimum absolute atomic E-state index is 0.0727. The molecular formula is C24H25N5O3S. The Bertz CT molecular complexity index is 1460. The highest BCUT2D eigenvalue weighted by Gasteiger charge is 2.22. The summed E-state index contributed by atoms with van der Waals surface area (Å²) >= 11 is 1.60. The smallest absolute Gasteiger partial charge is 0.332 e. The summed E-state index contributed by atoms with van der Waals surface area (Å²) in [5.74, 6) is -0.235. The first kappa shape index (κ1) is 21.4. The van der Waals surface area contributed by atoms with Crippen molar-refractivity contribution < 1.29 is 4.79 Å². The van der Waals surface area contributed by atoms with Crippen LogP contribution in [0, 0.1) is 0 Å². The number of rotatable bonds is 5. The van der Waals surface area contributed by atoms with E-state index in [2.05, 4.69) is 28.5 Å². The van der Waals surface area contributed by atoms with Crippen molar-refractivity contribution in [3.63, 3.8) is 0 Å². The lowest BCUT2D eigenvalue weighted by Gasteiger charge is -2.22. The Hall–Kier alpha value is -3.46. The SMILES string of the molecule is Cn1c(=O)c2c(ncn2CC(=O)NC(c2ccc3c(c2)CCCC3)c2cccs2)n(C)c1=O. The minimum Gasteiger partial charge on any atom is -0.343 e. The number of carbonyl (C=O) groups excluding carboxylic acids is 1. The monoisotopic (exact) mass is 463 g/mol. The first-order valence-electron chi connectivity index (χ1n) is 11.0. The summed E-state index contributed by atoms with van der Waals surface area (Å²) in [6, 6.07) is 10.2. The molecule has 1 N–H and O–H groups in total. The van der Waals surface area contributed by atoms with E-state index in [4.69, 9.17) is 0 Å². The molecule has 0 bridgehead atoms. The van der Waals surface area contributed by atoms with Crippen molar-refractivity contribution in [2.45, 2.75) is 38.3 Å². The molecule has 4 aromatic rings. The Morgan fingerprint density at radius 2 is 1.91 bits per heavy atom. The molecule has 1 aliphatic rings. The van der Waals surface area contributed by atoms with Crippen LogP contribution in [0.2, 0.25) is 0 Å². The number of thiophene rings is 1. The van der Waals surface area contributed by atoms with Crippen LogP contribution in [-0.2, 0) is 38.3 Å². The zero-order valence-electron chi connectivity index (χ0n) is 18.6. The van der Waals surface area contributed by atoms with Crippen molar-refractivity contribution in [2.75, 3.05) is 0 Å². The van der Waals surface area contributed by atoms with Gasteiger partial charge >= 0.3 is 5.69 Å². The summed E-state index contributed by atoms with van der Waals surface area (Å²) in [5.41, 5.74) is 3.39. The van der Waals surface area contributed by atoms with Gasteiger partial charge in [0.05, 0.1) is 12.4 Å². The molecule has 3 heterocycles. The molecule has 1 aromatic carbocycles. The molecule has 1 unspecified atom stereocenters. The van der Waals surface area contributed by atoms with Crippen LogP contribution in [0.4, 0.5) is 0 Å². The van der Waals surface area contributed by atoms with E-state index in [0.717, 1.165) is 27.8 Å². The van der Waals surface area contributed by atoms with Gasteiger partial charge in [0, 0.05) is 19.0 Å². The Morgan fingerprint density at radius 1 is 1.12 bits per heavy atom. The first-order chi connectivity index (χ1) is 15.9. The molecule has 1 atom stereocenters. The number of imidazole rings is 1. The van der Waals surface area contributed by atoms with Gasteiger partial charge in [-0.25, -0.2) is 9.78 Å². The lowest BCUT2D eigenvalue weighted by atomic mass is 9.89. The summed E-state index contributed by atoms with van der Waals surface area (Å²) in [7, 11) is 2.98. The van der Waals surface area contributed by atoms with Gasteiger partial charge in [-0.3, -0.25) is 18.7 Å². The predicted octanol–water partition coefficient (Wildman–Crippen LogP) is 2.28. The molecule has 1 amide bonds. The molecule has 9 heteroatoms. The van der Waals surface area contributed by atoms with E-state index in [1.807, 2.05) is 17.5 Å². The Balaban J connectivity index is 1.46. The van der Waals surface area contributed by atoms with Crippen molar-refractivity contribution in [1.82, 2.24) is 24.0 Å². The van der Waals surface area contributed by atoms with Crippen LogP contribution in [0.15, 0.2) is 51.6 Å². The van der Waals surface area contributed by atoms with Gasteiger partial charge in [-0.1, -0.05) is 24.3 Å². The molecule has 33 heavy (non-hydrogen) atoms. The maximum absolute atomic E-state index is 13.1. The van der Waals surface area contributed by atoms with E-state index in [0.29, 0.717) is 0 Å². The van der Waals surface area contributed by atoms with Gasteiger partial charge < -0.3 is 9.88 Å². The number of amides is 1. The van der Waals surface area contributed by atoms with E-state index in [-0.39, 0.29) is 29.7 Å². The fourth-order valence-corrected chi connectivity index (χ4v) is 5.39. The number of nitrogens with one attached hydrogen (secondary N) is 1. The Labute approximate surface area is 194 Å². The summed E-state index contributed by atoms with van der Waals surface area (Å²) < 4.78 is 3.84. The zero-order valence-corrected chi connectivity index (χ0v) is 19.4. The van der Waals surface area contributed by atoms with Gasteiger partial charge in [0.25, 0.3) is 5.56 Å². The number of hydrogen-bond donors (Lipinski definition) is 1. The molecule has 0 spiro atoms. The summed E-state index contributed by atoms with van der Waals surface area (Å²) in [6.45, 7) is -0.0727. The van der Waals surface area contributed by atoms with Crippen molar-refractivity contribution in [1.29, 1.82) is 0 Å².